The van der Waals surface area contributed by atoms with Gasteiger partial charge in [0.2, 0.25) is 0 Å². The van der Waals surface area contributed by atoms with E-state index in [2.05, 4.69) is 13.5 Å². The first-order valence-corrected chi connectivity index (χ1v) is 5.59. The summed E-state index contributed by atoms with van der Waals surface area (Å²) in [6, 6.07) is 0. The van der Waals surface area contributed by atoms with Gasteiger partial charge in [-0.3, -0.25) is 0 Å². The smallest absolute Gasteiger partial charge is 0.0854 e. The summed E-state index contributed by atoms with van der Waals surface area (Å²) in [6.45, 7) is 6.21. The molecular formula is C12H22O. The van der Waals surface area contributed by atoms with E-state index in [0.29, 0.717) is 0 Å². The maximum absolute atomic E-state index is 9.94. The Bertz CT molecular complexity index is 168. The zero-order chi connectivity index (χ0) is 9.73. The molecule has 1 fully saturated rings. The van der Waals surface area contributed by atoms with Crippen molar-refractivity contribution in [2.75, 3.05) is 0 Å². The molecule has 0 spiro atoms. The van der Waals surface area contributed by atoms with Crippen LogP contribution in [0, 0.1) is 0 Å². The average Bonchev–Trinajstić information content (AvgIpc) is 2.08. The second kappa shape index (κ2) is 4.80. The minimum Gasteiger partial charge on any atom is -0.386 e. The highest BCUT2D eigenvalue weighted by Crippen LogP contribution is 2.39. The highest BCUT2D eigenvalue weighted by atomic mass is 16.3. The van der Waals surface area contributed by atoms with Crippen LogP contribution in [0.25, 0.3) is 0 Å². The molecule has 0 aliphatic heterocycles. The average molecular weight is 182 g/mol. The molecule has 1 nitrogen and oxygen atoms in total. The van der Waals surface area contributed by atoms with E-state index in [1.54, 1.807) is 0 Å². The van der Waals surface area contributed by atoms with Crippen molar-refractivity contribution in [2.24, 2.45) is 0 Å². The molecule has 1 rings (SSSR count). The van der Waals surface area contributed by atoms with Crippen LogP contribution in [0.3, 0.4) is 0 Å². The normalized spacial score (nSPS) is 19.5. The Morgan fingerprint density at radius 2 is 2.00 bits per heavy atom. The summed E-state index contributed by atoms with van der Waals surface area (Å²) in [5.41, 5.74) is 0.613. The molecular weight excluding hydrogens is 160 g/mol. The highest BCUT2D eigenvalue weighted by Gasteiger charge is 2.36. The van der Waals surface area contributed by atoms with E-state index < -0.39 is 5.60 Å². The summed E-state index contributed by atoms with van der Waals surface area (Å²) in [4.78, 5) is 0. The van der Waals surface area contributed by atoms with Crippen molar-refractivity contribution in [3.05, 3.63) is 12.2 Å². The highest BCUT2D eigenvalue weighted by molar-refractivity contribution is 5.16. The minimum atomic E-state index is -0.466. The molecule has 0 heterocycles. The molecule has 0 aromatic heterocycles. The second-order valence-electron chi connectivity index (χ2n) is 4.30. The van der Waals surface area contributed by atoms with Gasteiger partial charge in [-0.1, -0.05) is 32.8 Å². The van der Waals surface area contributed by atoms with Gasteiger partial charge in [-0.05, 0) is 37.7 Å². The van der Waals surface area contributed by atoms with Crippen molar-refractivity contribution in [3.63, 3.8) is 0 Å². The lowest BCUT2D eigenvalue weighted by molar-refractivity contribution is -0.000126. The maximum Gasteiger partial charge on any atom is 0.0854 e. The first-order valence-electron chi connectivity index (χ1n) is 5.59. The quantitative estimate of drug-likeness (QED) is 0.493. The first kappa shape index (κ1) is 10.8. The largest absolute Gasteiger partial charge is 0.386 e. The Morgan fingerprint density at radius 1 is 1.31 bits per heavy atom. The van der Waals surface area contributed by atoms with Gasteiger partial charge in [-0.25, -0.2) is 0 Å². The summed E-state index contributed by atoms with van der Waals surface area (Å²) >= 11 is 0. The van der Waals surface area contributed by atoms with Crippen LogP contribution in [0.15, 0.2) is 12.2 Å². The Labute approximate surface area is 81.9 Å². The van der Waals surface area contributed by atoms with E-state index >= 15 is 0 Å². The molecule has 0 radical (unpaired) electrons. The Kier molecular flexibility index (Phi) is 3.98. The van der Waals surface area contributed by atoms with E-state index in [1.807, 2.05) is 0 Å². The van der Waals surface area contributed by atoms with Crippen LogP contribution in [-0.4, -0.2) is 10.7 Å². The van der Waals surface area contributed by atoms with Crippen LogP contribution in [0.5, 0.6) is 0 Å². The van der Waals surface area contributed by atoms with Crippen LogP contribution in [0.1, 0.15) is 58.3 Å². The fourth-order valence-corrected chi connectivity index (χ4v) is 1.86. The lowest BCUT2D eigenvalue weighted by Crippen LogP contribution is -2.38. The molecule has 1 heteroatoms. The summed E-state index contributed by atoms with van der Waals surface area (Å²) in [7, 11) is 0. The number of unbranched alkanes of at least 4 members (excludes halogenated alkanes) is 3. The fraction of sp³-hybridized carbons (Fsp3) is 0.833. The zero-order valence-corrected chi connectivity index (χ0v) is 8.81. The van der Waals surface area contributed by atoms with Gasteiger partial charge in [0.05, 0.1) is 5.60 Å². The zero-order valence-electron chi connectivity index (χ0n) is 8.81. The van der Waals surface area contributed by atoms with Gasteiger partial charge in [0.1, 0.15) is 0 Å². The van der Waals surface area contributed by atoms with Gasteiger partial charge >= 0.3 is 0 Å². The van der Waals surface area contributed by atoms with Crippen molar-refractivity contribution >= 4 is 0 Å². The minimum absolute atomic E-state index is 0.466. The predicted molar refractivity (Wildman–Crippen MR) is 56.7 cm³/mol. The molecule has 1 aliphatic carbocycles. The molecule has 1 N–H and O–H groups in total. The fourth-order valence-electron chi connectivity index (χ4n) is 1.86. The monoisotopic (exact) mass is 182 g/mol. The molecule has 13 heavy (non-hydrogen) atoms. The van der Waals surface area contributed by atoms with Crippen LogP contribution in [0.2, 0.25) is 0 Å². The van der Waals surface area contributed by atoms with Crippen molar-refractivity contribution < 1.29 is 5.11 Å². The molecule has 0 aromatic rings. The van der Waals surface area contributed by atoms with Gasteiger partial charge in [-0.15, -0.1) is 0 Å². The second-order valence-corrected chi connectivity index (χ2v) is 4.30. The lowest BCUT2D eigenvalue weighted by Gasteiger charge is -2.38. The van der Waals surface area contributed by atoms with Gasteiger partial charge < -0.3 is 5.11 Å². The van der Waals surface area contributed by atoms with Crippen molar-refractivity contribution in [3.8, 4) is 0 Å². The molecule has 0 atom stereocenters. The van der Waals surface area contributed by atoms with E-state index in [1.165, 1.54) is 32.1 Å². The molecule has 76 valence electrons. The van der Waals surface area contributed by atoms with E-state index in [-0.39, 0.29) is 0 Å². The van der Waals surface area contributed by atoms with Crippen LogP contribution in [0.4, 0.5) is 0 Å². The molecule has 1 saturated carbocycles. The Balaban J connectivity index is 2.10. The van der Waals surface area contributed by atoms with Crippen molar-refractivity contribution in [1.29, 1.82) is 0 Å². The van der Waals surface area contributed by atoms with Crippen LogP contribution < -0.4 is 0 Å². The van der Waals surface area contributed by atoms with Crippen molar-refractivity contribution in [2.45, 2.75) is 63.9 Å². The molecule has 0 bridgehead atoms. The Morgan fingerprint density at radius 3 is 2.46 bits per heavy atom. The lowest BCUT2D eigenvalue weighted by atomic mass is 9.74. The van der Waals surface area contributed by atoms with Crippen LogP contribution in [-0.2, 0) is 0 Å². The first-order chi connectivity index (χ1) is 6.19. The van der Waals surface area contributed by atoms with Gasteiger partial charge in [-0.2, -0.15) is 0 Å². The third-order valence-electron chi connectivity index (χ3n) is 3.17. The van der Waals surface area contributed by atoms with Crippen molar-refractivity contribution in [1.82, 2.24) is 0 Å². The molecule has 0 unspecified atom stereocenters. The number of rotatable bonds is 6. The molecule has 0 amide bonds. The summed E-state index contributed by atoms with van der Waals surface area (Å²) < 4.78 is 0. The van der Waals surface area contributed by atoms with Gasteiger partial charge in [0.25, 0.3) is 0 Å². The third kappa shape index (κ3) is 2.84. The molecule has 1 aliphatic rings. The number of hydrogen-bond acceptors (Lipinski definition) is 1. The van der Waals surface area contributed by atoms with Gasteiger partial charge in [0.15, 0.2) is 0 Å². The summed E-state index contributed by atoms with van der Waals surface area (Å²) in [6.07, 6.45) is 9.16. The topological polar surface area (TPSA) is 20.2 Å². The molecule has 0 aromatic carbocycles. The summed E-state index contributed by atoms with van der Waals surface area (Å²) in [5.74, 6) is 0. The van der Waals surface area contributed by atoms with Crippen LogP contribution >= 0.6 is 0 Å². The standard InChI is InChI=1S/C12H22O/c1-3-4-5-6-8-11(2)12(13)9-7-10-12/h13H,2-10H2,1H3. The van der Waals surface area contributed by atoms with Gasteiger partial charge in [0, 0.05) is 0 Å². The number of aliphatic hydroxyl groups is 1. The number of hydrogen-bond donors (Lipinski definition) is 1. The summed E-state index contributed by atoms with van der Waals surface area (Å²) in [5, 5.41) is 9.94. The Hall–Kier alpha value is -0.300. The molecule has 0 saturated heterocycles. The van der Waals surface area contributed by atoms with E-state index in [4.69, 9.17) is 0 Å². The van der Waals surface area contributed by atoms with E-state index in [9.17, 15) is 5.11 Å². The third-order valence-corrected chi connectivity index (χ3v) is 3.17. The maximum atomic E-state index is 9.94. The predicted octanol–water partition coefficient (Wildman–Crippen LogP) is 3.43. The SMILES string of the molecule is C=C(CCCCCC)C1(O)CCC1. The van der Waals surface area contributed by atoms with E-state index in [0.717, 1.165) is 24.8 Å².